The van der Waals surface area contributed by atoms with Crippen molar-refractivity contribution in [2.45, 2.75) is 0 Å². The highest BCUT2D eigenvalue weighted by Crippen LogP contribution is 2.47. The van der Waals surface area contributed by atoms with Gasteiger partial charge in [-0.2, -0.15) is 0 Å². The molecular formula is C116H64N30. The van der Waals surface area contributed by atoms with Crippen LogP contribution in [-0.4, -0.2) is 150 Å². The monoisotopic (exact) mass is 1880 g/mol. The van der Waals surface area contributed by atoms with Gasteiger partial charge in [0.05, 0.1) is 68.3 Å². The summed E-state index contributed by atoms with van der Waals surface area (Å²) in [5.74, 6) is 0.718. The summed E-state index contributed by atoms with van der Waals surface area (Å²) in [4.78, 5) is 161. The van der Waals surface area contributed by atoms with Gasteiger partial charge in [0.25, 0.3) is 0 Å². The third-order valence-electron chi connectivity index (χ3n) is 25.9. The Kier molecular flexibility index (Phi) is 18.7. The van der Waals surface area contributed by atoms with E-state index in [1.54, 1.807) is 0 Å². The lowest BCUT2D eigenvalue weighted by Crippen LogP contribution is -1.99. The standard InChI is InChI=1S/C116H64N30/c1-13-37-61(38-14-1)73-74(62-39-15-2-16-40-62)118-86-85(117-73)101-131-102(86)134-106-90-94(126-82(70-55-31-10-32-56-70)78(122-90)66-47-23-6-24-48-66)110(138-106)142-114-98-97(113(145-114)141-109-93-89(105(133-101)137-109)121-77(65-45-21-5-22-46-65)81(125-93)69-53-29-9-30-54-69)129-99-100(130-98)116-144-112-96-92(124-80(68-51-27-8-28-52-68)84(128-96)72-59-35-12-36-60-72)108(140-112)136-104-88-87(119-75(63-41-17-3-18-42-63)76(120-88)64-43-19-4-20-44-64)103(132-104)135-107-91-95(111(139-107)143-115(99)146-116)127-83(71-57-33-11-34-58-71)79(123-91)67-49-25-7-26-50-67/h1-60H,(H2,131,133,134,137,138,141,142,145)(H2,132,135,136,139,140,143,144,146). The first kappa shape index (κ1) is 82.0. The van der Waals surface area contributed by atoms with E-state index in [1.807, 2.05) is 364 Å². The Morgan fingerprint density at radius 3 is 0.308 bits per heavy atom. The molecule has 0 spiro atoms. The molecule has 0 saturated heterocycles. The van der Waals surface area contributed by atoms with Crippen LogP contribution in [0.15, 0.2) is 364 Å². The van der Waals surface area contributed by atoms with Crippen LogP contribution in [-0.2, 0) is 0 Å². The minimum Gasteiger partial charge on any atom is -0.321 e. The number of H-pyrrole nitrogens is 4. The van der Waals surface area contributed by atoms with Crippen molar-refractivity contribution in [2.24, 2.45) is 0 Å². The summed E-state index contributed by atoms with van der Waals surface area (Å²) >= 11 is 0. The number of fused-ring (bicyclic) bond motifs is 40. The normalized spacial score (nSPS) is 11.8. The minimum absolute atomic E-state index is 0.0712. The van der Waals surface area contributed by atoms with E-state index in [2.05, 4.69) is 19.9 Å². The van der Waals surface area contributed by atoms with E-state index >= 15 is 0 Å². The number of nitrogens with one attached hydrogen (secondary N) is 4. The van der Waals surface area contributed by atoms with Gasteiger partial charge in [-0.15, -0.1) is 0 Å². The molecule has 29 rings (SSSR count). The Morgan fingerprint density at radius 2 is 0.192 bits per heavy atom. The van der Waals surface area contributed by atoms with Gasteiger partial charge in [-0.3, -0.25) is 0 Å². The number of hydrogen-bond acceptors (Lipinski definition) is 26. The number of hydrogen-bond donors (Lipinski definition) is 4. The van der Waals surface area contributed by atoms with Crippen molar-refractivity contribution >= 4 is 89.3 Å². The average Bonchev–Trinajstić information content (AvgIpc) is 1.56. The third-order valence-corrected chi connectivity index (χ3v) is 25.9. The van der Waals surface area contributed by atoms with Gasteiger partial charge in [0.2, 0.25) is 0 Å². The Labute approximate surface area is 824 Å². The van der Waals surface area contributed by atoms with Crippen molar-refractivity contribution in [3.8, 4) is 227 Å². The number of aromatic amines is 4. The van der Waals surface area contributed by atoms with Crippen LogP contribution in [0.1, 0.15) is 0 Å². The quantitative estimate of drug-likeness (QED) is 0.0882. The Morgan fingerprint density at radius 1 is 0.0890 bits per heavy atom. The molecule has 678 valence electrons. The van der Waals surface area contributed by atoms with Crippen molar-refractivity contribution < 1.29 is 0 Å². The lowest BCUT2D eigenvalue weighted by atomic mass is 10.0. The van der Waals surface area contributed by atoms with E-state index in [0.29, 0.717) is 90.4 Å². The Balaban J connectivity index is 0.777. The van der Waals surface area contributed by atoms with Crippen LogP contribution in [0.3, 0.4) is 0 Å². The molecule has 0 atom stereocenters. The van der Waals surface area contributed by atoms with Crippen LogP contribution in [0.25, 0.3) is 317 Å². The topological polar surface area (TPSA) is 398 Å². The Hall–Kier alpha value is -21.1. The van der Waals surface area contributed by atoms with Gasteiger partial charge in [0, 0.05) is 66.8 Å². The number of benzene rings is 12. The molecule has 17 heterocycles. The van der Waals surface area contributed by atoms with Crippen molar-refractivity contribution in [2.75, 3.05) is 0 Å². The largest absolute Gasteiger partial charge is 0.321 e. The smallest absolute Gasteiger partial charge is 0.184 e. The lowest BCUT2D eigenvalue weighted by molar-refractivity contribution is 1.18. The molecule has 0 amide bonds. The van der Waals surface area contributed by atoms with Crippen molar-refractivity contribution in [3.63, 3.8) is 0 Å². The molecule has 0 aliphatic carbocycles. The van der Waals surface area contributed by atoms with Crippen LogP contribution in [0.5, 0.6) is 0 Å². The molecule has 25 aromatic rings. The van der Waals surface area contributed by atoms with Crippen LogP contribution in [0.4, 0.5) is 0 Å². The summed E-state index contributed by atoms with van der Waals surface area (Å²) in [5.41, 5.74) is 21.4. The number of rotatable bonds is 12. The second kappa shape index (κ2) is 33.4. The summed E-state index contributed by atoms with van der Waals surface area (Å²) in [6.07, 6.45) is 0. The van der Waals surface area contributed by atoms with Crippen LogP contribution in [0.2, 0.25) is 0 Å². The first-order valence-electron chi connectivity index (χ1n) is 47.1. The molecule has 30 heteroatoms. The molecule has 16 bridgehead atoms. The number of nitrogens with zero attached hydrogens (tertiary/aromatic N) is 26. The zero-order valence-corrected chi connectivity index (χ0v) is 76.3. The second-order valence-electron chi connectivity index (χ2n) is 34.9. The molecule has 0 fully saturated rings. The molecule has 30 nitrogen and oxygen atoms in total. The molecule has 4 aliphatic rings. The van der Waals surface area contributed by atoms with Gasteiger partial charge in [0.1, 0.15) is 89.7 Å². The van der Waals surface area contributed by atoms with Crippen LogP contribution >= 0.6 is 0 Å². The summed E-state index contributed by atoms with van der Waals surface area (Å²) < 4.78 is 0. The fraction of sp³-hybridized carbons (Fsp3) is 0. The summed E-state index contributed by atoms with van der Waals surface area (Å²) in [6.45, 7) is 0. The lowest BCUT2D eigenvalue weighted by Gasteiger charge is -2.11. The molecule has 12 aromatic carbocycles. The van der Waals surface area contributed by atoms with E-state index in [9.17, 15) is 0 Å². The van der Waals surface area contributed by atoms with Crippen molar-refractivity contribution in [1.29, 1.82) is 0 Å². The molecular weight excluding hydrogens is 1810 g/mol. The third kappa shape index (κ3) is 13.9. The first-order valence-corrected chi connectivity index (χ1v) is 47.1. The summed E-state index contributed by atoms with van der Waals surface area (Å²) in [5, 5.41) is 0. The fourth-order valence-electron chi connectivity index (χ4n) is 19.0. The van der Waals surface area contributed by atoms with Crippen molar-refractivity contribution in [1.82, 2.24) is 150 Å². The number of aromatic nitrogens is 30. The fourth-order valence-corrected chi connectivity index (χ4v) is 19.0. The zero-order valence-electron chi connectivity index (χ0n) is 76.3. The van der Waals surface area contributed by atoms with E-state index in [0.717, 1.165) is 66.8 Å². The molecule has 4 aliphatic heterocycles. The maximum absolute atomic E-state index is 5.79. The molecule has 0 radical (unpaired) electrons. The molecule has 0 unspecified atom stereocenters. The maximum Gasteiger partial charge on any atom is 0.184 e. The maximum atomic E-state index is 5.79. The highest BCUT2D eigenvalue weighted by Gasteiger charge is 2.36. The van der Waals surface area contributed by atoms with Gasteiger partial charge < -0.3 is 19.9 Å². The van der Waals surface area contributed by atoms with E-state index in [1.165, 1.54) is 0 Å². The van der Waals surface area contributed by atoms with E-state index in [-0.39, 0.29) is 159 Å². The van der Waals surface area contributed by atoms with Gasteiger partial charge in [-0.25, -0.2) is 130 Å². The van der Waals surface area contributed by atoms with Crippen LogP contribution in [0, 0.1) is 0 Å². The van der Waals surface area contributed by atoms with Crippen molar-refractivity contribution in [3.05, 3.63) is 364 Å². The van der Waals surface area contributed by atoms with Crippen LogP contribution < -0.4 is 0 Å². The van der Waals surface area contributed by atoms with E-state index < -0.39 is 0 Å². The molecule has 0 saturated carbocycles. The SMILES string of the molecule is c1ccc(-c2nc3c(nc2-c2ccccc2)-c2nc-3nc3[nH]c(nc4nc(nc5[nH]c(n2)c2nc6c7nc8nc(nc9[nH]c(nc%10nc(nc([nH]7)c6nc52)-c2nc(-c5ccccc5)c(-c5ccccc5)nc2-%10)c2nc(-c5ccccc5)c(-c5ccccc5)nc92)-c2nc(-c5ccccc5)c(-c5ccccc5)nc2-8)-c2nc(-c5ccccc5)c(-c5ccccc5)nc2-4)c2nc(-c4ccccc4)c(-c4ccccc4)nc32)cc1. The first-order chi connectivity index (χ1) is 72.3. The summed E-state index contributed by atoms with van der Waals surface area (Å²) in [7, 11) is 0. The summed E-state index contributed by atoms with van der Waals surface area (Å²) in [6, 6.07) is 119. The highest BCUT2D eigenvalue weighted by atomic mass is 15.2. The Bertz CT molecular complexity index is 8950. The average molecular weight is 1880 g/mol. The van der Waals surface area contributed by atoms with Gasteiger partial charge >= 0.3 is 0 Å². The molecule has 13 aromatic heterocycles. The van der Waals surface area contributed by atoms with Gasteiger partial charge in [0.15, 0.2) is 91.8 Å². The van der Waals surface area contributed by atoms with Gasteiger partial charge in [-0.05, 0) is 0 Å². The zero-order chi connectivity index (χ0) is 96.0. The van der Waals surface area contributed by atoms with E-state index in [4.69, 9.17) is 130 Å². The highest BCUT2D eigenvalue weighted by molar-refractivity contribution is 6.11. The second-order valence-corrected chi connectivity index (χ2v) is 34.9. The molecule has 146 heavy (non-hydrogen) atoms. The molecule has 4 N–H and O–H groups in total. The minimum atomic E-state index is 0.0712. The predicted molar refractivity (Wildman–Crippen MR) is 560 cm³/mol. The predicted octanol–water partition coefficient (Wildman–Crippen LogP) is 23.6. The van der Waals surface area contributed by atoms with Gasteiger partial charge in [-0.1, -0.05) is 364 Å².